The number of anilines is 2. The van der Waals surface area contributed by atoms with Crippen LogP contribution in [0.15, 0.2) is 66.9 Å². The molecule has 4 nitrogen and oxygen atoms in total. The highest BCUT2D eigenvalue weighted by Gasteiger charge is 2.10. The Balaban J connectivity index is 1.53. The first-order valence-corrected chi connectivity index (χ1v) is 8.12. The number of hydrogen-bond donors (Lipinski definition) is 2. The fourth-order valence-corrected chi connectivity index (χ4v) is 2.38. The minimum absolute atomic E-state index is 0.112. The second-order valence-electron chi connectivity index (χ2n) is 5.67. The van der Waals surface area contributed by atoms with E-state index in [0.717, 1.165) is 17.7 Å². The number of nitrogens with zero attached hydrogens (tertiary/aromatic N) is 1. The number of nitrogens with one attached hydrogen (secondary N) is 2. The summed E-state index contributed by atoms with van der Waals surface area (Å²) in [6, 6.07) is 15.6. The summed E-state index contributed by atoms with van der Waals surface area (Å²) in [6.45, 7) is 0.647. The molecule has 0 radical (unpaired) electrons. The normalized spacial score (nSPS) is 10.4. The molecule has 0 aliphatic carbocycles. The first-order chi connectivity index (χ1) is 12.6. The van der Waals surface area contributed by atoms with E-state index in [9.17, 15) is 13.6 Å². The molecule has 1 heterocycles. The van der Waals surface area contributed by atoms with E-state index in [4.69, 9.17) is 0 Å². The summed E-state index contributed by atoms with van der Waals surface area (Å²) in [6.07, 6.45) is 2.27. The van der Waals surface area contributed by atoms with Crippen LogP contribution in [0.3, 0.4) is 0 Å². The Labute approximate surface area is 149 Å². The molecule has 0 aliphatic rings. The smallest absolute Gasteiger partial charge is 0.274 e. The molecule has 0 saturated heterocycles. The van der Waals surface area contributed by atoms with Gasteiger partial charge in [0.2, 0.25) is 0 Å². The van der Waals surface area contributed by atoms with Gasteiger partial charge in [0, 0.05) is 6.54 Å². The first-order valence-electron chi connectivity index (χ1n) is 8.12. The number of para-hydroxylation sites is 1. The summed E-state index contributed by atoms with van der Waals surface area (Å²) in [5, 5.41) is 5.67. The van der Waals surface area contributed by atoms with Crippen LogP contribution in [0.25, 0.3) is 0 Å². The highest BCUT2D eigenvalue weighted by Crippen LogP contribution is 2.14. The van der Waals surface area contributed by atoms with Gasteiger partial charge in [-0.3, -0.25) is 4.79 Å². The molecule has 0 saturated carbocycles. The minimum atomic E-state index is -0.500. The topological polar surface area (TPSA) is 54.0 Å². The predicted molar refractivity (Wildman–Crippen MR) is 97.2 cm³/mol. The molecule has 0 aliphatic heterocycles. The van der Waals surface area contributed by atoms with E-state index in [1.165, 1.54) is 24.3 Å². The molecular formula is C20H17F2N3O. The lowest BCUT2D eigenvalue weighted by Crippen LogP contribution is -2.14. The zero-order valence-corrected chi connectivity index (χ0v) is 13.9. The highest BCUT2D eigenvalue weighted by atomic mass is 19.1. The molecule has 6 heteroatoms. The molecule has 2 N–H and O–H groups in total. The zero-order chi connectivity index (χ0) is 18.4. The molecule has 0 atom stereocenters. The van der Waals surface area contributed by atoms with Gasteiger partial charge in [0.1, 0.15) is 17.3 Å². The molecule has 0 unspecified atom stereocenters. The largest absolute Gasteiger partial charge is 0.383 e. The van der Waals surface area contributed by atoms with Gasteiger partial charge in [0.25, 0.3) is 5.91 Å². The van der Waals surface area contributed by atoms with E-state index in [0.29, 0.717) is 6.54 Å². The average Bonchev–Trinajstić information content (AvgIpc) is 2.66. The summed E-state index contributed by atoms with van der Waals surface area (Å²) in [4.78, 5) is 16.2. The number of rotatable bonds is 6. The standard InChI is InChI=1S/C20H17F2N3O/c21-15-7-5-14(6-8-15)11-12-23-16-9-10-19(24-13-16)20(26)25-18-4-2-1-3-17(18)22/h1-10,13,23H,11-12H2,(H,25,26). The van der Waals surface area contributed by atoms with Crippen molar-refractivity contribution >= 4 is 17.3 Å². The van der Waals surface area contributed by atoms with Crippen molar-refractivity contribution in [1.29, 1.82) is 0 Å². The van der Waals surface area contributed by atoms with Gasteiger partial charge in [-0.2, -0.15) is 0 Å². The van der Waals surface area contributed by atoms with Crippen molar-refractivity contribution in [3.05, 3.63) is 89.8 Å². The van der Waals surface area contributed by atoms with Crippen molar-refractivity contribution in [3.8, 4) is 0 Å². The van der Waals surface area contributed by atoms with Crippen molar-refractivity contribution in [3.63, 3.8) is 0 Å². The first kappa shape index (κ1) is 17.5. The van der Waals surface area contributed by atoms with E-state index in [2.05, 4.69) is 15.6 Å². The second kappa shape index (κ2) is 8.20. The van der Waals surface area contributed by atoms with E-state index < -0.39 is 11.7 Å². The van der Waals surface area contributed by atoms with Crippen LogP contribution in [0.1, 0.15) is 16.1 Å². The number of carbonyl (C=O) groups excluding carboxylic acids is 1. The van der Waals surface area contributed by atoms with Crippen molar-refractivity contribution in [2.75, 3.05) is 17.2 Å². The Morgan fingerprint density at radius 2 is 1.73 bits per heavy atom. The van der Waals surface area contributed by atoms with Gasteiger partial charge in [0.15, 0.2) is 0 Å². The summed E-state index contributed by atoms with van der Waals surface area (Å²) >= 11 is 0. The molecule has 3 rings (SSSR count). The van der Waals surface area contributed by atoms with Gasteiger partial charge in [0.05, 0.1) is 17.6 Å². The number of halogens is 2. The average molecular weight is 353 g/mol. The molecule has 132 valence electrons. The molecule has 0 spiro atoms. The fourth-order valence-electron chi connectivity index (χ4n) is 2.38. The van der Waals surface area contributed by atoms with Crippen molar-refractivity contribution < 1.29 is 13.6 Å². The quantitative estimate of drug-likeness (QED) is 0.696. The highest BCUT2D eigenvalue weighted by molar-refractivity contribution is 6.03. The van der Waals surface area contributed by atoms with Crippen LogP contribution in [0, 0.1) is 11.6 Å². The molecule has 0 fully saturated rings. The van der Waals surface area contributed by atoms with Crippen molar-refractivity contribution in [2.24, 2.45) is 0 Å². The Bertz CT molecular complexity index is 880. The molecule has 3 aromatic rings. The lowest BCUT2D eigenvalue weighted by molar-refractivity contribution is 0.102. The molecule has 1 amide bonds. The Morgan fingerprint density at radius 1 is 0.962 bits per heavy atom. The summed E-state index contributed by atoms with van der Waals surface area (Å²) in [5.41, 5.74) is 2.08. The van der Waals surface area contributed by atoms with E-state index in [1.54, 1.807) is 42.6 Å². The van der Waals surface area contributed by atoms with Crippen LogP contribution >= 0.6 is 0 Å². The number of pyridine rings is 1. The monoisotopic (exact) mass is 353 g/mol. The third kappa shape index (κ3) is 4.63. The lowest BCUT2D eigenvalue weighted by atomic mass is 10.1. The Morgan fingerprint density at radius 3 is 2.42 bits per heavy atom. The Hall–Kier alpha value is -3.28. The summed E-state index contributed by atoms with van der Waals surface area (Å²) in [7, 11) is 0. The number of hydrogen-bond acceptors (Lipinski definition) is 3. The molecule has 1 aromatic heterocycles. The van der Waals surface area contributed by atoms with E-state index in [-0.39, 0.29) is 17.2 Å². The van der Waals surface area contributed by atoms with Crippen LogP contribution in [-0.4, -0.2) is 17.4 Å². The van der Waals surface area contributed by atoms with Gasteiger partial charge in [-0.15, -0.1) is 0 Å². The van der Waals surface area contributed by atoms with Gasteiger partial charge in [-0.05, 0) is 48.4 Å². The number of amides is 1. The number of benzene rings is 2. The molecule has 2 aromatic carbocycles. The third-order valence-electron chi connectivity index (χ3n) is 3.77. The fraction of sp³-hybridized carbons (Fsp3) is 0.100. The van der Waals surface area contributed by atoms with Crippen LogP contribution in [0.5, 0.6) is 0 Å². The summed E-state index contributed by atoms with van der Waals surface area (Å²) < 4.78 is 26.4. The van der Waals surface area contributed by atoms with Crippen molar-refractivity contribution in [1.82, 2.24) is 4.98 Å². The maximum atomic E-state index is 13.6. The van der Waals surface area contributed by atoms with Crippen LogP contribution in [-0.2, 0) is 6.42 Å². The molecule has 26 heavy (non-hydrogen) atoms. The van der Waals surface area contributed by atoms with E-state index >= 15 is 0 Å². The van der Waals surface area contributed by atoms with Gasteiger partial charge >= 0.3 is 0 Å². The Kier molecular flexibility index (Phi) is 5.53. The third-order valence-corrected chi connectivity index (χ3v) is 3.77. The second-order valence-corrected chi connectivity index (χ2v) is 5.67. The lowest BCUT2D eigenvalue weighted by Gasteiger charge is -2.08. The van der Waals surface area contributed by atoms with Crippen LogP contribution < -0.4 is 10.6 Å². The van der Waals surface area contributed by atoms with Gasteiger partial charge in [-0.1, -0.05) is 24.3 Å². The van der Waals surface area contributed by atoms with Crippen molar-refractivity contribution in [2.45, 2.75) is 6.42 Å². The summed E-state index contributed by atoms with van der Waals surface area (Å²) in [5.74, 6) is -1.23. The van der Waals surface area contributed by atoms with Crippen LogP contribution in [0.2, 0.25) is 0 Å². The SMILES string of the molecule is O=C(Nc1ccccc1F)c1ccc(NCCc2ccc(F)cc2)cn1. The number of carbonyl (C=O) groups is 1. The van der Waals surface area contributed by atoms with Gasteiger partial charge < -0.3 is 10.6 Å². The zero-order valence-electron chi connectivity index (χ0n) is 13.9. The molecular weight excluding hydrogens is 336 g/mol. The minimum Gasteiger partial charge on any atom is -0.383 e. The maximum absolute atomic E-state index is 13.6. The predicted octanol–water partition coefficient (Wildman–Crippen LogP) is 4.27. The maximum Gasteiger partial charge on any atom is 0.274 e. The van der Waals surface area contributed by atoms with Gasteiger partial charge in [-0.25, -0.2) is 13.8 Å². The molecule has 0 bridgehead atoms. The number of aromatic nitrogens is 1. The van der Waals surface area contributed by atoms with Crippen LogP contribution in [0.4, 0.5) is 20.2 Å². The van der Waals surface area contributed by atoms with E-state index in [1.807, 2.05) is 0 Å².